The minimum atomic E-state index is -4.26. The zero-order valence-corrected chi connectivity index (χ0v) is 8.19. The number of aliphatic hydroxyl groups is 1. The molecule has 1 aromatic rings. The Morgan fingerprint density at radius 2 is 1.71 bits per heavy atom. The average Bonchev–Trinajstić information content (AvgIpc) is 2.02. The van der Waals surface area contributed by atoms with Crippen LogP contribution in [0.15, 0.2) is 29.2 Å². The first-order valence-corrected chi connectivity index (χ1v) is 4.74. The summed E-state index contributed by atoms with van der Waals surface area (Å²) in [4.78, 5) is 0.127. The molecule has 0 bridgehead atoms. The van der Waals surface area contributed by atoms with Crippen molar-refractivity contribution in [1.82, 2.24) is 0 Å². The maximum absolute atomic E-state index is 11.9. The third-order valence-corrected chi connectivity index (χ3v) is 2.34. The second-order valence-electron chi connectivity index (χ2n) is 2.79. The second kappa shape index (κ2) is 4.23. The summed E-state index contributed by atoms with van der Waals surface area (Å²) in [6.07, 6.45) is -0.653. The van der Waals surface area contributed by atoms with Gasteiger partial charge in [0.25, 0.3) is 0 Å². The topological polar surface area (TPSA) is 20.2 Å². The van der Waals surface area contributed by atoms with Crippen LogP contribution in [0.1, 0.15) is 18.6 Å². The largest absolute Gasteiger partial charge is 0.446 e. The van der Waals surface area contributed by atoms with Gasteiger partial charge in [-0.25, -0.2) is 0 Å². The predicted octanol–water partition coefficient (Wildman–Crippen LogP) is 3.35. The Balaban J connectivity index is 2.74. The van der Waals surface area contributed by atoms with Crippen molar-refractivity contribution in [3.63, 3.8) is 0 Å². The molecule has 0 radical (unpaired) electrons. The molecule has 1 N–H and O–H groups in total. The van der Waals surface area contributed by atoms with Gasteiger partial charge in [0, 0.05) is 4.90 Å². The van der Waals surface area contributed by atoms with E-state index in [1.807, 2.05) is 0 Å². The van der Waals surface area contributed by atoms with Gasteiger partial charge in [-0.15, -0.1) is 0 Å². The molecule has 1 aromatic carbocycles. The Bertz CT molecular complexity index is 292. The lowest BCUT2D eigenvalue weighted by Crippen LogP contribution is -1.99. The summed E-state index contributed by atoms with van der Waals surface area (Å²) in [6.45, 7) is 1.56. The van der Waals surface area contributed by atoms with Crippen molar-refractivity contribution in [2.45, 2.75) is 23.4 Å². The molecule has 1 rings (SSSR count). The highest BCUT2D eigenvalue weighted by molar-refractivity contribution is 8.00. The molecule has 0 aliphatic heterocycles. The molecule has 14 heavy (non-hydrogen) atoms. The molecule has 0 saturated heterocycles. The molecule has 0 saturated carbocycles. The fourth-order valence-electron chi connectivity index (χ4n) is 0.948. The van der Waals surface area contributed by atoms with Gasteiger partial charge < -0.3 is 5.11 Å². The molecule has 0 aliphatic carbocycles. The summed E-state index contributed by atoms with van der Waals surface area (Å²) in [5.74, 6) is 0. The van der Waals surface area contributed by atoms with Gasteiger partial charge in [0.1, 0.15) is 0 Å². The van der Waals surface area contributed by atoms with Gasteiger partial charge in [-0.3, -0.25) is 0 Å². The smallest absolute Gasteiger partial charge is 0.389 e. The molecule has 1 nitrogen and oxygen atoms in total. The highest BCUT2D eigenvalue weighted by Gasteiger charge is 2.28. The van der Waals surface area contributed by atoms with Crippen LogP contribution in [0.2, 0.25) is 0 Å². The van der Waals surface area contributed by atoms with Crippen molar-refractivity contribution in [2.24, 2.45) is 0 Å². The first kappa shape index (κ1) is 11.4. The van der Waals surface area contributed by atoms with Crippen LogP contribution in [0.5, 0.6) is 0 Å². The molecule has 0 amide bonds. The lowest BCUT2D eigenvalue weighted by molar-refractivity contribution is -0.0328. The van der Waals surface area contributed by atoms with E-state index in [9.17, 15) is 13.2 Å². The van der Waals surface area contributed by atoms with Crippen LogP contribution in [0.3, 0.4) is 0 Å². The van der Waals surface area contributed by atoms with Gasteiger partial charge in [-0.1, -0.05) is 12.1 Å². The van der Waals surface area contributed by atoms with Crippen molar-refractivity contribution in [2.75, 3.05) is 0 Å². The van der Waals surface area contributed by atoms with Crippen molar-refractivity contribution >= 4 is 11.8 Å². The third kappa shape index (κ3) is 3.59. The number of hydrogen-bond donors (Lipinski definition) is 1. The van der Waals surface area contributed by atoms with Crippen LogP contribution < -0.4 is 0 Å². The maximum Gasteiger partial charge on any atom is 0.446 e. The fraction of sp³-hybridized carbons (Fsp3) is 0.333. The van der Waals surface area contributed by atoms with Crippen LogP contribution >= 0.6 is 11.8 Å². The Hall–Kier alpha value is -0.680. The Labute approximate surface area is 83.9 Å². The number of halogens is 3. The number of alkyl halides is 3. The van der Waals surface area contributed by atoms with Crippen LogP contribution in [0, 0.1) is 0 Å². The lowest BCUT2D eigenvalue weighted by atomic mass is 10.1. The standard InChI is InChI=1S/C9H9F3OS/c1-6(13)7-2-4-8(5-3-7)14-9(10,11)12/h2-6,13H,1H3/t6-/m1/s1. The van der Waals surface area contributed by atoms with E-state index in [2.05, 4.69) is 0 Å². The summed E-state index contributed by atoms with van der Waals surface area (Å²) in [5, 5.41) is 9.12. The van der Waals surface area contributed by atoms with Gasteiger partial charge in [-0.2, -0.15) is 13.2 Å². The molecular formula is C9H9F3OS. The molecule has 0 unspecified atom stereocenters. The van der Waals surface area contributed by atoms with E-state index in [1.165, 1.54) is 24.3 Å². The number of rotatable bonds is 2. The van der Waals surface area contributed by atoms with Crippen LogP contribution in [0.25, 0.3) is 0 Å². The summed E-state index contributed by atoms with van der Waals surface area (Å²) < 4.78 is 35.7. The van der Waals surface area contributed by atoms with Crippen molar-refractivity contribution in [3.8, 4) is 0 Å². The van der Waals surface area contributed by atoms with Gasteiger partial charge >= 0.3 is 5.51 Å². The number of thioether (sulfide) groups is 1. The SMILES string of the molecule is C[C@@H](O)c1ccc(SC(F)(F)F)cc1. The van der Waals surface area contributed by atoms with Crippen LogP contribution in [0.4, 0.5) is 13.2 Å². The monoisotopic (exact) mass is 222 g/mol. The molecule has 0 aliphatic rings. The number of benzene rings is 1. The fourth-order valence-corrected chi connectivity index (χ4v) is 1.49. The third-order valence-electron chi connectivity index (χ3n) is 1.60. The molecular weight excluding hydrogens is 213 g/mol. The lowest BCUT2D eigenvalue weighted by Gasteiger charge is -2.07. The zero-order valence-electron chi connectivity index (χ0n) is 7.38. The molecule has 0 spiro atoms. The molecule has 0 heterocycles. The van der Waals surface area contributed by atoms with Gasteiger partial charge in [0.15, 0.2) is 0 Å². The zero-order chi connectivity index (χ0) is 10.8. The molecule has 78 valence electrons. The predicted molar refractivity (Wildman–Crippen MR) is 49.0 cm³/mol. The maximum atomic E-state index is 11.9. The normalized spacial score (nSPS) is 14.1. The highest BCUT2D eigenvalue weighted by Crippen LogP contribution is 2.36. The summed E-state index contributed by atoms with van der Waals surface area (Å²) >= 11 is -0.160. The van der Waals surface area contributed by atoms with Gasteiger partial charge in [-0.05, 0) is 36.4 Å². The van der Waals surface area contributed by atoms with E-state index >= 15 is 0 Å². The van der Waals surface area contributed by atoms with Crippen LogP contribution in [-0.2, 0) is 0 Å². The summed E-state index contributed by atoms with van der Waals surface area (Å²) in [6, 6.07) is 5.66. The Morgan fingerprint density at radius 1 is 1.21 bits per heavy atom. The van der Waals surface area contributed by atoms with Crippen molar-refractivity contribution < 1.29 is 18.3 Å². The van der Waals surface area contributed by atoms with E-state index in [1.54, 1.807) is 6.92 Å². The number of hydrogen-bond acceptors (Lipinski definition) is 2. The molecule has 5 heteroatoms. The van der Waals surface area contributed by atoms with E-state index in [-0.39, 0.29) is 16.7 Å². The minimum Gasteiger partial charge on any atom is -0.389 e. The first-order chi connectivity index (χ1) is 6.38. The minimum absolute atomic E-state index is 0.127. The van der Waals surface area contributed by atoms with Crippen LogP contribution in [-0.4, -0.2) is 10.6 Å². The highest BCUT2D eigenvalue weighted by atomic mass is 32.2. The summed E-state index contributed by atoms with van der Waals surface area (Å²) in [7, 11) is 0. The second-order valence-corrected chi connectivity index (χ2v) is 3.93. The van der Waals surface area contributed by atoms with Crippen molar-refractivity contribution in [1.29, 1.82) is 0 Å². The Morgan fingerprint density at radius 3 is 2.07 bits per heavy atom. The summed E-state index contributed by atoms with van der Waals surface area (Å²) in [5.41, 5.74) is -3.65. The van der Waals surface area contributed by atoms with E-state index in [4.69, 9.17) is 5.11 Å². The van der Waals surface area contributed by atoms with Crippen molar-refractivity contribution in [3.05, 3.63) is 29.8 Å². The Kier molecular flexibility index (Phi) is 3.44. The molecule has 0 fully saturated rings. The van der Waals surface area contributed by atoms with E-state index < -0.39 is 11.6 Å². The first-order valence-electron chi connectivity index (χ1n) is 3.92. The van der Waals surface area contributed by atoms with E-state index in [0.29, 0.717) is 5.56 Å². The number of aliphatic hydroxyl groups excluding tert-OH is 1. The molecule has 0 aromatic heterocycles. The van der Waals surface area contributed by atoms with Gasteiger partial charge in [0.2, 0.25) is 0 Å². The quantitative estimate of drug-likeness (QED) is 0.774. The average molecular weight is 222 g/mol. The van der Waals surface area contributed by atoms with E-state index in [0.717, 1.165) is 0 Å². The van der Waals surface area contributed by atoms with Gasteiger partial charge in [0.05, 0.1) is 6.10 Å². The molecule has 1 atom stereocenters.